The number of halogens is 7. The molecule has 9 heteroatoms. The molecular weight excluding hydrogens is 369 g/mol. The van der Waals surface area contributed by atoms with E-state index in [0.717, 1.165) is 45.1 Å². The first-order chi connectivity index (χ1) is 12.1. The Bertz CT molecular complexity index is 380. The van der Waals surface area contributed by atoms with Gasteiger partial charge < -0.3 is 9.47 Å². The zero-order valence-corrected chi connectivity index (χ0v) is 14.7. The van der Waals surface area contributed by atoms with Gasteiger partial charge >= 0.3 is 18.0 Å². The molecule has 0 aromatic rings. The van der Waals surface area contributed by atoms with Gasteiger partial charge in [0, 0.05) is 19.6 Å². The van der Waals surface area contributed by atoms with Crippen molar-refractivity contribution >= 4 is 0 Å². The highest BCUT2D eigenvalue weighted by Crippen LogP contribution is 2.48. The first-order valence-corrected chi connectivity index (χ1v) is 9.09. The third kappa shape index (κ3) is 7.58. The third-order valence-corrected chi connectivity index (χ3v) is 4.42. The molecule has 156 valence electrons. The van der Waals surface area contributed by atoms with Crippen LogP contribution in [-0.2, 0) is 9.47 Å². The fourth-order valence-electron chi connectivity index (χ4n) is 2.79. The summed E-state index contributed by atoms with van der Waals surface area (Å²) >= 11 is 0. The van der Waals surface area contributed by atoms with Crippen LogP contribution in [0.25, 0.3) is 0 Å². The maximum Gasteiger partial charge on any atom is 0.459 e. The Kier molecular flexibility index (Phi) is 9.64. The highest BCUT2D eigenvalue weighted by molar-refractivity contribution is 4.90. The molecule has 0 N–H and O–H groups in total. The van der Waals surface area contributed by atoms with Gasteiger partial charge in [-0.1, -0.05) is 32.1 Å². The molecule has 0 aromatic carbocycles. The third-order valence-electron chi connectivity index (χ3n) is 4.42. The van der Waals surface area contributed by atoms with E-state index in [9.17, 15) is 30.7 Å². The second kappa shape index (κ2) is 10.7. The smallest absolute Gasteiger partial charge is 0.379 e. The van der Waals surface area contributed by atoms with Gasteiger partial charge in [-0.25, -0.2) is 0 Å². The highest BCUT2D eigenvalue weighted by atomic mass is 19.4. The van der Waals surface area contributed by atoms with Gasteiger partial charge in [-0.15, -0.1) is 0 Å². The monoisotopic (exact) mass is 396 g/mol. The van der Waals surface area contributed by atoms with Crippen LogP contribution >= 0.6 is 0 Å². The van der Waals surface area contributed by atoms with Crippen molar-refractivity contribution in [3.8, 4) is 0 Å². The van der Waals surface area contributed by atoms with Crippen LogP contribution in [0.3, 0.4) is 0 Å². The molecule has 1 fully saturated rings. The summed E-state index contributed by atoms with van der Waals surface area (Å²) in [7, 11) is 0. The van der Waals surface area contributed by atoms with Crippen molar-refractivity contribution in [3.05, 3.63) is 0 Å². The summed E-state index contributed by atoms with van der Waals surface area (Å²) in [6, 6.07) is 0. The normalized spacial score (nSPS) is 19.3. The van der Waals surface area contributed by atoms with Crippen molar-refractivity contribution in [1.29, 1.82) is 0 Å². The molecule has 0 bridgehead atoms. The molecule has 0 spiro atoms. The zero-order chi connectivity index (χ0) is 19.7. The number of rotatable bonds is 13. The molecule has 1 aliphatic rings. The van der Waals surface area contributed by atoms with Crippen LogP contribution in [0.4, 0.5) is 30.7 Å². The van der Waals surface area contributed by atoms with Crippen molar-refractivity contribution in [1.82, 2.24) is 0 Å². The van der Waals surface area contributed by atoms with Gasteiger partial charge in [0.15, 0.2) is 0 Å². The maximum atomic E-state index is 13.1. The van der Waals surface area contributed by atoms with Gasteiger partial charge in [-0.2, -0.15) is 30.7 Å². The standard InChI is InChI=1S/C17H27F7O2/c18-15(19,16(20,21)17(22,23)24)10-6-4-2-1-3-5-7-11-25-13-14-9-8-12-26-14/h14H,1-13H2. The minimum atomic E-state index is -6.23. The molecule has 0 amide bonds. The molecule has 0 aliphatic carbocycles. The SMILES string of the molecule is FC(F)(F)C(F)(F)C(F)(F)CCCCCCCCCOCC1CCCO1. The summed E-state index contributed by atoms with van der Waals surface area (Å²) in [6.07, 6.45) is -1.70. The zero-order valence-electron chi connectivity index (χ0n) is 14.7. The minimum absolute atomic E-state index is 0.192. The van der Waals surface area contributed by atoms with Crippen LogP contribution in [0, 0.1) is 0 Å². The molecule has 26 heavy (non-hydrogen) atoms. The Morgan fingerprint density at radius 3 is 1.92 bits per heavy atom. The van der Waals surface area contributed by atoms with E-state index in [1.165, 1.54) is 0 Å². The quantitative estimate of drug-likeness (QED) is 0.275. The number of alkyl halides is 7. The van der Waals surface area contributed by atoms with E-state index in [1.807, 2.05) is 0 Å². The van der Waals surface area contributed by atoms with Gasteiger partial charge in [0.2, 0.25) is 0 Å². The van der Waals surface area contributed by atoms with Crippen LogP contribution < -0.4 is 0 Å². The van der Waals surface area contributed by atoms with E-state index in [2.05, 4.69) is 0 Å². The molecule has 1 rings (SSSR count). The van der Waals surface area contributed by atoms with Crippen LogP contribution in [-0.4, -0.2) is 43.9 Å². The lowest BCUT2D eigenvalue weighted by Gasteiger charge is -2.28. The van der Waals surface area contributed by atoms with Crippen molar-refractivity contribution in [2.45, 2.75) is 88.3 Å². The van der Waals surface area contributed by atoms with Crippen molar-refractivity contribution in [2.75, 3.05) is 19.8 Å². The molecule has 1 aliphatic heterocycles. The molecule has 0 saturated carbocycles. The van der Waals surface area contributed by atoms with Gasteiger partial charge in [-0.3, -0.25) is 0 Å². The number of ether oxygens (including phenoxy) is 2. The van der Waals surface area contributed by atoms with Crippen LogP contribution in [0.1, 0.15) is 64.2 Å². The Morgan fingerprint density at radius 1 is 0.808 bits per heavy atom. The van der Waals surface area contributed by atoms with Gasteiger partial charge in [0.1, 0.15) is 0 Å². The van der Waals surface area contributed by atoms with Crippen molar-refractivity contribution < 1.29 is 40.2 Å². The van der Waals surface area contributed by atoms with E-state index < -0.39 is 24.4 Å². The minimum Gasteiger partial charge on any atom is -0.379 e. The fraction of sp³-hybridized carbons (Fsp3) is 1.00. The summed E-state index contributed by atoms with van der Waals surface area (Å²) in [5.74, 6) is -11.0. The first-order valence-electron chi connectivity index (χ1n) is 9.09. The maximum absolute atomic E-state index is 13.1. The van der Waals surface area contributed by atoms with Gasteiger partial charge in [0.05, 0.1) is 12.7 Å². The number of hydrogen-bond acceptors (Lipinski definition) is 2. The van der Waals surface area contributed by atoms with E-state index in [-0.39, 0.29) is 18.9 Å². The molecule has 0 radical (unpaired) electrons. The molecule has 0 aromatic heterocycles. The molecular formula is C17H27F7O2. The highest BCUT2D eigenvalue weighted by Gasteiger charge is 2.72. The molecule has 1 unspecified atom stereocenters. The lowest BCUT2D eigenvalue weighted by molar-refractivity contribution is -0.355. The molecule has 1 heterocycles. The summed E-state index contributed by atoms with van der Waals surface area (Å²) in [5, 5.41) is 0. The Hall–Kier alpha value is -0.570. The Balaban J connectivity index is 1.97. The first kappa shape index (κ1) is 23.5. The number of hydrogen-bond donors (Lipinski definition) is 0. The summed E-state index contributed by atoms with van der Waals surface area (Å²) in [5.41, 5.74) is 0. The number of unbranched alkanes of at least 4 members (excludes halogenated alkanes) is 6. The van der Waals surface area contributed by atoms with Crippen LogP contribution in [0.2, 0.25) is 0 Å². The largest absolute Gasteiger partial charge is 0.459 e. The fourth-order valence-corrected chi connectivity index (χ4v) is 2.79. The van der Waals surface area contributed by atoms with Crippen LogP contribution in [0.15, 0.2) is 0 Å². The van der Waals surface area contributed by atoms with E-state index in [4.69, 9.17) is 9.47 Å². The van der Waals surface area contributed by atoms with Gasteiger partial charge in [-0.05, 0) is 25.7 Å². The lowest BCUT2D eigenvalue weighted by Crippen LogP contribution is -2.51. The molecule has 2 nitrogen and oxygen atoms in total. The Labute approximate surface area is 149 Å². The molecule has 1 saturated heterocycles. The summed E-state index contributed by atoms with van der Waals surface area (Å²) in [4.78, 5) is 0. The second-order valence-corrected chi connectivity index (χ2v) is 6.71. The predicted octanol–water partition coefficient (Wildman–Crippen LogP) is 6.14. The second-order valence-electron chi connectivity index (χ2n) is 6.71. The topological polar surface area (TPSA) is 18.5 Å². The lowest BCUT2D eigenvalue weighted by atomic mass is 10.0. The molecule has 1 atom stereocenters. The van der Waals surface area contributed by atoms with Crippen molar-refractivity contribution in [3.63, 3.8) is 0 Å². The predicted molar refractivity (Wildman–Crippen MR) is 82.7 cm³/mol. The van der Waals surface area contributed by atoms with Gasteiger partial charge in [0.25, 0.3) is 0 Å². The van der Waals surface area contributed by atoms with E-state index in [0.29, 0.717) is 19.6 Å². The summed E-state index contributed by atoms with van der Waals surface area (Å²) < 4.78 is 98.3. The summed E-state index contributed by atoms with van der Waals surface area (Å²) in [6.45, 7) is 2.00. The average molecular weight is 396 g/mol. The van der Waals surface area contributed by atoms with E-state index >= 15 is 0 Å². The Morgan fingerprint density at radius 2 is 1.38 bits per heavy atom. The van der Waals surface area contributed by atoms with E-state index in [1.54, 1.807) is 0 Å². The van der Waals surface area contributed by atoms with Crippen molar-refractivity contribution in [2.24, 2.45) is 0 Å². The average Bonchev–Trinajstić information content (AvgIpc) is 3.04. The van der Waals surface area contributed by atoms with Crippen LogP contribution in [0.5, 0.6) is 0 Å².